The van der Waals surface area contributed by atoms with Gasteiger partial charge in [0.1, 0.15) is 5.75 Å². The number of nitrogens with one attached hydrogen (secondary N) is 2. The second-order valence-electron chi connectivity index (χ2n) is 8.99. The van der Waals surface area contributed by atoms with Crippen LogP contribution >= 0.6 is 0 Å². The van der Waals surface area contributed by atoms with E-state index in [1.807, 2.05) is 24.3 Å². The minimum atomic E-state index is 0.837. The average molecular weight is 480 g/mol. The van der Waals surface area contributed by atoms with Gasteiger partial charge in [-0.1, -0.05) is 84.9 Å². The fourth-order valence-corrected chi connectivity index (χ4v) is 4.66. The van der Waals surface area contributed by atoms with E-state index in [0.29, 0.717) is 0 Å². The highest BCUT2D eigenvalue weighted by atomic mass is 16.5. The number of aromatic nitrogens is 2. The first-order valence-corrected chi connectivity index (χ1v) is 12.4. The molecule has 0 saturated carbocycles. The monoisotopic (exact) mass is 479 g/mol. The summed E-state index contributed by atoms with van der Waals surface area (Å²) >= 11 is 0. The van der Waals surface area contributed by atoms with E-state index in [0.717, 1.165) is 39.7 Å². The molecular weight excluding hydrogens is 452 g/mol. The molecule has 6 aromatic rings. The standard InChI is InChI=1S/C34H26N2O/c1-37-31-22-20-30(21-23-31)34-35-32(28-16-12-26(13-17-28)24-8-4-2-5-9-24)33(36-34)29-18-14-27(15-19-29)25-10-6-3-7-11-25/h2-23H,1H3,(H,35,36)/p+1. The first-order chi connectivity index (χ1) is 18.3. The molecule has 0 saturated heterocycles. The number of aromatic amines is 2. The van der Waals surface area contributed by atoms with Crippen LogP contribution < -0.4 is 9.72 Å². The van der Waals surface area contributed by atoms with Gasteiger partial charge in [-0.3, -0.25) is 0 Å². The van der Waals surface area contributed by atoms with Gasteiger partial charge in [-0.2, -0.15) is 0 Å². The zero-order valence-electron chi connectivity index (χ0n) is 20.6. The van der Waals surface area contributed by atoms with E-state index in [2.05, 4.69) is 119 Å². The van der Waals surface area contributed by atoms with E-state index in [9.17, 15) is 0 Å². The Kier molecular flexibility index (Phi) is 6.10. The van der Waals surface area contributed by atoms with Crippen molar-refractivity contribution in [1.82, 2.24) is 4.98 Å². The lowest BCUT2D eigenvalue weighted by atomic mass is 9.99. The lowest BCUT2D eigenvalue weighted by molar-refractivity contribution is -0.349. The van der Waals surface area contributed by atoms with Crippen LogP contribution in [0.25, 0.3) is 56.2 Å². The van der Waals surface area contributed by atoms with Gasteiger partial charge in [0.05, 0.1) is 12.7 Å². The molecule has 5 aromatic carbocycles. The quantitative estimate of drug-likeness (QED) is 0.257. The van der Waals surface area contributed by atoms with Crippen molar-refractivity contribution in [3.05, 3.63) is 133 Å². The number of methoxy groups -OCH3 is 1. The fraction of sp³-hybridized carbons (Fsp3) is 0.0294. The number of benzene rings is 5. The summed E-state index contributed by atoms with van der Waals surface area (Å²) in [5, 5.41) is 0. The van der Waals surface area contributed by atoms with Gasteiger partial charge >= 0.3 is 0 Å². The minimum absolute atomic E-state index is 0.837. The zero-order valence-corrected chi connectivity index (χ0v) is 20.6. The van der Waals surface area contributed by atoms with E-state index >= 15 is 0 Å². The van der Waals surface area contributed by atoms with Crippen LogP contribution in [0.15, 0.2) is 133 Å². The van der Waals surface area contributed by atoms with Crippen LogP contribution in [-0.2, 0) is 0 Å². The van der Waals surface area contributed by atoms with Gasteiger partial charge in [-0.25, -0.2) is 9.97 Å². The fourth-order valence-electron chi connectivity index (χ4n) is 4.66. The number of ether oxygens (including phenoxy) is 1. The Morgan fingerprint density at radius 1 is 0.459 bits per heavy atom. The molecule has 1 aromatic heterocycles. The lowest BCUT2D eigenvalue weighted by Gasteiger charge is -2.05. The van der Waals surface area contributed by atoms with Crippen LogP contribution in [0.2, 0.25) is 0 Å². The molecule has 0 bridgehead atoms. The maximum atomic E-state index is 5.35. The summed E-state index contributed by atoms with van der Waals surface area (Å²) in [5.74, 6) is 1.79. The molecule has 2 N–H and O–H groups in total. The van der Waals surface area contributed by atoms with E-state index in [4.69, 9.17) is 4.74 Å². The summed E-state index contributed by atoms with van der Waals surface area (Å²) in [6, 6.07) is 46.5. The summed E-state index contributed by atoms with van der Waals surface area (Å²) in [5.41, 5.74) is 10.2. The molecule has 0 atom stereocenters. The molecule has 0 fully saturated rings. The number of hydrogen-bond donors (Lipinski definition) is 1. The Morgan fingerprint density at radius 2 is 0.892 bits per heavy atom. The first kappa shape index (κ1) is 22.6. The van der Waals surface area contributed by atoms with Gasteiger partial charge in [-0.15, -0.1) is 0 Å². The van der Waals surface area contributed by atoms with Crippen LogP contribution in [0.3, 0.4) is 0 Å². The van der Waals surface area contributed by atoms with Gasteiger partial charge in [0, 0.05) is 11.1 Å². The molecule has 6 rings (SSSR count). The molecule has 0 radical (unpaired) electrons. The number of hydrogen-bond acceptors (Lipinski definition) is 1. The molecular formula is C34H27N2O+. The molecule has 0 amide bonds. The highest BCUT2D eigenvalue weighted by molar-refractivity contribution is 5.80. The molecule has 178 valence electrons. The largest absolute Gasteiger partial charge is 0.497 e. The molecule has 3 heteroatoms. The van der Waals surface area contributed by atoms with Crippen LogP contribution in [0.1, 0.15) is 0 Å². The van der Waals surface area contributed by atoms with Crippen molar-refractivity contribution in [2.45, 2.75) is 0 Å². The second kappa shape index (κ2) is 10.00. The third kappa shape index (κ3) is 4.67. The van der Waals surface area contributed by atoms with Gasteiger partial charge < -0.3 is 4.74 Å². The zero-order chi connectivity index (χ0) is 25.0. The molecule has 0 unspecified atom stereocenters. The topological polar surface area (TPSA) is 39.2 Å². The van der Waals surface area contributed by atoms with Crippen molar-refractivity contribution >= 4 is 0 Å². The summed E-state index contributed by atoms with van der Waals surface area (Å²) in [4.78, 5) is 7.32. The predicted molar refractivity (Wildman–Crippen MR) is 151 cm³/mol. The third-order valence-corrected chi connectivity index (χ3v) is 6.69. The van der Waals surface area contributed by atoms with E-state index < -0.39 is 0 Å². The number of imidazole rings is 1. The molecule has 0 aliphatic heterocycles. The maximum absolute atomic E-state index is 5.35. The number of rotatable bonds is 6. The summed E-state index contributed by atoms with van der Waals surface area (Å²) in [7, 11) is 1.68. The molecule has 1 heterocycles. The Hall–Kier alpha value is -4.89. The van der Waals surface area contributed by atoms with Crippen molar-refractivity contribution in [3.63, 3.8) is 0 Å². The SMILES string of the molecule is COc1ccc(-c2[nH]c(-c3ccc(-c4ccccc4)cc3)c(-c3ccc(-c4ccccc4)cc3)[nH+]2)cc1. The molecule has 37 heavy (non-hydrogen) atoms. The van der Waals surface area contributed by atoms with E-state index in [-0.39, 0.29) is 0 Å². The maximum Gasteiger partial charge on any atom is 0.285 e. The normalized spacial score (nSPS) is 10.8. The lowest BCUT2D eigenvalue weighted by Crippen LogP contribution is -2.05. The van der Waals surface area contributed by atoms with Crippen molar-refractivity contribution in [3.8, 4) is 61.9 Å². The molecule has 0 spiro atoms. The summed E-state index contributed by atoms with van der Waals surface area (Å²) in [6.07, 6.45) is 0. The van der Waals surface area contributed by atoms with Crippen molar-refractivity contribution in [2.75, 3.05) is 7.11 Å². The van der Waals surface area contributed by atoms with E-state index in [1.54, 1.807) is 7.11 Å². The Bertz CT molecular complexity index is 1500. The average Bonchev–Trinajstić information content (AvgIpc) is 3.44. The van der Waals surface area contributed by atoms with Crippen molar-refractivity contribution in [1.29, 1.82) is 0 Å². The Morgan fingerprint density at radius 3 is 1.41 bits per heavy atom. The highest BCUT2D eigenvalue weighted by Gasteiger charge is 2.22. The Labute approximate surface area is 217 Å². The molecule has 3 nitrogen and oxygen atoms in total. The smallest absolute Gasteiger partial charge is 0.285 e. The summed E-state index contributed by atoms with van der Waals surface area (Å²) < 4.78 is 5.35. The van der Waals surface area contributed by atoms with Crippen LogP contribution in [-0.4, -0.2) is 12.1 Å². The van der Waals surface area contributed by atoms with E-state index in [1.165, 1.54) is 22.3 Å². The minimum Gasteiger partial charge on any atom is -0.497 e. The van der Waals surface area contributed by atoms with Crippen LogP contribution in [0, 0.1) is 0 Å². The summed E-state index contributed by atoms with van der Waals surface area (Å²) in [6.45, 7) is 0. The van der Waals surface area contributed by atoms with Gasteiger partial charge in [-0.05, 0) is 70.8 Å². The van der Waals surface area contributed by atoms with Crippen LogP contribution in [0.5, 0.6) is 5.75 Å². The van der Waals surface area contributed by atoms with Gasteiger partial charge in [0.15, 0.2) is 11.4 Å². The third-order valence-electron chi connectivity index (χ3n) is 6.69. The van der Waals surface area contributed by atoms with Crippen molar-refractivity contribution < 1.29 is 9.72 Å². The van der Waals surface area contributed by atoms with Crippen molar-refractivity contribution in [2.24, 2.45) is 0 Å². The molecule has 0 aliphatic rings. The number of H-pyrrole nitrogens is 2. The van der Waals surface area contributed by atoms with Crippen LogP contribution in [0.4, 0.5) is 0 Å². The first-order valence-electron chi connectivity index (χ1n) is 12.4. The second-order valence-corrected chi connectivity index (χ2v) is 8.99. The van der Waals surface area contributed by atoms with Gasteiger partial charge in [0.2, 0.25) is 0 Å². The highest BCUT2D eigenvalue weighted by Crippen LogP contribution is 2.33. The Balaban J connectivity index is 1.42. The molecule has 0 aliphatic carbocycles. The predicted octanol–water partition coefficient (Wildman–Crippen LogP) is 8.17. The van der Waals surface area contributed by atoms with Gasteiger partial charge in [0.25, 0.3) is 5.82 Å².